The van der Waals surface area contributed by atoms with Gasteiger partial charge in [0.1, 0.15) is 0 Å². The Morgan fingerprint density at radius 1 is 1.10 bits per heavy atom. The molecule has 0 aliphatic heterocycles. The molecular weight excluding hydrogens is 120 g/mol. The van der Waals surface area contributed by atoms with Crippen LogP contribution in [0.1, 0.15) is 59.3 Å². The molecule has 0 bridgehead atoms. The Morgan fingerprint density at radius 2 is 1.50 bits per heavy atom. The van der Waals surface area contributed by atoms with Crippen molar-refractivity contribution in [2.24, 2.45) is 5.92 Å². The average molecular weight is 142 g/mol. The van der Waals surface area contributed by atoms with E-state index in [-0.39, 0.29) is 0 Å². The van der Waals surface area contributed by atoms with Crippen LogP contribution >= 0.6 is 0 Å². The van der Waals surface area contributed by atoms with E-state index in [0.29, 0.717) is 0 Å². The summed E-state index contributed by atoms with van der Waals surface area (Å²) in [5.41, 5.74) is 0. The van der Waals surface area contributed by atoms with Crippen molar-refractivity contribution in [3.63, 3.8) is 0 Å². The van der Waals surface area contributed by atoms with E-state index < -0.39 is 0 Å². The molecule has 1 aliphatic carbocycles. The second-order valence-electron chi connectivity index (χ2n) is 3.39. The molecule has 0 aromatic heterocycles. The molecule has 0 heteroatoms. The zero-order valence-corrected chi connectivity index (χ0v) is 7.82. The van der Waals surface area contributed by atoms with Crippen LogP contribution in [0.15, 0.2) is 0 Å². The monoisotopic (exact) mass is 142 g/mol. The number of hydrogen-bond donors (Lipinski definition) is 0. The summed E-state index contributed by atoms with van der Waals surface area (Å²) in [6, 6.07) is 0. The highest BCUT2D eigenvalue weighted by Gasteiger charge is 2.09. The van der Waals surface area contributed by atoms with Gasteiger partial charge in [-0.3, -0.25) is 0 Å². The summed E-state index contributed by atoms with van der Waals surface area (Å²) in [4.78, 5) is 0. The Balaban J connectivity index is 0.000000162. The fraction of sp³-hybridized carbons (Fsp3) is 1.00. The fourth-order valence-electron chi connectivity index (χ4n) is 0.966. The van der Waals surface area contributed by atoms with Crippen molar-refractivity contribution in [1.29, 1.82) is 0 Å². The highest BCUT2D eigenvalue weighted by Crippen LogP contribution is 2.24. The lowest BCUT2D eigenvalue weighted by Gasteiger charge is -2.18. The maximum Gasteiger partial charge on any atom is -0.0443 e. The Hall–Kier alpha value is 0. The van der Waals surface area contributed by atoms with Gasteiger partial charge in [-0.1, -0.05) is 59.3 Å². The molecule has 10 heavy (non-hydrogen) atoms. The summed E-state index contributed by atoms with van der Waals surface area (Å²) in [5, 5.41) is 0. The van der Waals surface area contributed by atoms with Gasteiger partial charge < -0.3 is 0 Å². The van der Waals surface area contributed by atoms with E-state index in [1.165, 1.54) is 38.5 Å². The zero-order valence-electron chi connectivity index (χ0n) is 7.82. The van der Waals surface area contributed by atoms with Gasteiger partial charge in [-0.2, -0.15) is 0 Å². The van der Waals surface area contributed by atoms with Crippen LogP contribution in [0, 0.1) is 5.92 Å². The van der Waals surface area contributed by atoms with E-state index in [1.807, 2.05) is 0 Å². The summed E-state index contributed by atoms with van der Waals surface area (Å²) < 4.78 is 0. The van der Waals surface area contributed by atoms with Gasteiger partial charge >= 0.3 is 0 Å². The summed E-state index contributed by atoms with van der Waals surface area (Å²) in [5.74, 6) is 1.06. The SMILES string of the molecule is CC1CCC1.CCCCC. The highest BCUT2D eigenvalue weighted by molar-refractivity contribution is 4.62. The van der Waals surface area contributed by atoms with Crippen LogP contribution in [-0.2, 0) is 0 Å². The summed E-state index contributed by atoms with van der Waals surface area (Å²) in [6.07, 6.45) is 8.54. The Labute approximate surface area is 66.0 Å². The molecule has 0 spiro atoms. The minimum Gasteiger partial charge on any atom is -0.0654 e. The standard InChI is InChI=1S/C5H10.C5H12/c1-5-3-2-4-5;1-3-5-4-2/h5H,2-4H2,1H3;3-5H2,1-2H3. The molecule has 0 nitrogen and oxygen atoms in total. The van der Waals surface area contributed by atoms with Crippen molar-refractivity contribution in [2.75, 3.05) is 0 Å². The first-order valence-corrected chi connectivity index (χ1v) is 4.81. The molecule has 0 unspecified atom stereocenters. The molecule has 0 radical (unpaired) electrons. The second kappa shape index (κ2) is 7.11. The van der Waals surface area contributed by atoms with E-state index in [4.69, 9.17) is 0 Å². The molecule has 1 aliphatic rings. The molecule has 0 saturated heterocycles. The van der Waals surface area contributed by atoms with Crippen molar-refractivity contribution >= 4 is 0 Å². The lowest BCUT2D eigenvalue weighted by molar-refractivity contribution is 0.346. The van der Waals surface area contributed by atoms with Crippen LogP contribution < -0.4 is 0 Å². The molecule has 62 valence electrons. The lowest BCUT2D eigenvalue weighted by Crippen LogP contribution is -2.04. The predicted molar refractivity (Wildman–Crippen MR) is 48.2 cm³/mol. The molecule has 0 aromatic rings. The fourth-order valence-corrected chi connectivity index (χ4v) is 0.966. The second-order valence-corrected chi connectivity index (χ2v) is 3.39. The maximum atomic E-state index is 2.31. The van der Waals surface area contributed by atoms with Gasteiger partial charge in [-0.25, -0.2) is 0 Å². The molecule has 0 amide bonds. The normalized spacial score (nSPS) is 17.1. The molecule has 1 fully saturated rings. The van der Waals surface area contributed by atoms with E-state index in [9.17, 15) is 0 Å². The van der Waals surface area contributed by atoms with Crippen molar-refractivity contribution in [3.8, 4) is 0 Å². The largest absolute Gasteiger partial charge is 0.0654 e. The van der Waals surface area contributed by atoms with Gasteiger partial charge in [0.25, 0.3) is 0 Å². The molecule has 0 atom stereocenters. The van der Waals surface area contributed by atoms with Crippen LogP contribution in [0.2, 0.25) is 0 Å². The van der Waals surface area contributed by atoms with Crippen LogP contribution in [-0.4, -0.2) is 0 Å². The van der Waals surface area contributed by atoms with Gasteiger partial charge in [0, 0.05) is 0 Å². The van der Waals surface area contributed by atoms with Gasteiger partial charge in [-0.05, 0) is 5.92 Å². The molecule has 0 N–H and O–H groups in total. The third-order valence-electron chi connectivity index (χ3n) is 2.10. The molecule has 1 rings (SSSR count). The molecular formula is C10H22. The Kier molecular flexibility index (Phi) is 7.11. The first-order chi connectivity index (χ1) is 4.81. The quantitative estimate of drug-likeness (QED) is 0.546. The van der Waals surface area contributed by atoms with Crippen molar-refractivity contribution in [3.05, 3.63) is 0 Å². The molecule has 0 heterocycles. The summed E-state index contributed by atoms with van der Waals surface area (Å²) in [7, 11) is 0. The average Bonchev–Trinajstić information content (AvgIpc) is 1.87. The zero-order chi connectivity index (χ0) is 7.82. The predicted octanol–water partition coefficient (Wildman–Crippen LogP) is 4.00. The minimum atomic E-state index is 1.06. The third-order valence-corrected chi connectivity index (χ3v) is 2.10. The van der Waals surface area contributed by atoms with E-state index in [2.05, 4.69) is 20.8 Å². The van der Waals surface area contributed by atoms with Gasteiger partial charge in [0.05, 0.1) is 0 Å². The van der Waals surface area contributed by atoms with Gasteiger partial charge in [-0.15, -0.1) is 0 Å². The molecule has 1 saturated carbocycles. The number of rotatable bonds is 2. The summed E-state index contributed by atoms with van der Waals surface area (Å²) >= 11 is 0. The number of unbranched alkanes of at least 4 members (excludes halogenated alkanes) is 2. The van der Waals surface area contributed by atoms with Crippen molar-refractivity contribution in [2.45, 2.75) is 59.3 Å². The van der Waals surface area contributed by atoms with Crippen LogP contribution in [0.25, 0.3) is 0 Å². The van der Waals surface area contributed by atoms with E-state index >= 15 is 0 Å². The van der Waals surface area contributed by atoms with Gasteiger partial charge in [0.2, 0.25) is 0 Å². The minimum absolute atomic E-state index is 1.06. The Bertz CT molecular complexity index is 51.1. The first kappa shape index (κ1) is 10.0. The topological polar surface area (TPSA) is 0 Å². The van der Waals surface area contributed by atoms with Crippen molar-refractivity contribution < 1.29 is 0 Å². The summed E-state index contributed by atoms with van der Waals surface area (Å²) in [6.45, 7) is 6.73. The third kappa shape index (κ3) is 6.12. The molecule has 0 aromatic carbocycles. The Morgan fingerprint density at radius 3 is 1.50 bits per heavy atom. The van der Waals surface area contributed by atoms with Crippen LogP contribution in [0.4, 0.5) is 0 Å². The smallest absolute Gasteiger partial charge is 0.0443 e. The highest BCUT2D eigenvalue weighted by atomic mass is 14.1. The van der Waals surface area contributed by atoms with Crippen LogP contribution in [0.3, 0.4) is 0 Å². The maximum absolute atomic E-state index is 2.31. The number of hydrogen-bond acceptors (Lipinski definition) is 0. The first-order valence-electron chi connectivity index (χ1n) is 4.81. The van der Waals surface area contributed by atoms with Crippen molar-refractivity contribution in [1.82, 2.24) is 0 Å². The van der Waals surface area contributed by atoms with E-state index in [0.717, 1.165) is 5.92 Å². The van der Waals surface area contributed by atoms with Crippen LogP contribution in [0.5, 0.6) is 0 Å². The van der Waals surface area contributed by atoms with E-state index in [1.54, 1.807) is 0 Å². The van der Waals surface area contributed by atoms with Gasteiger partial charge in [0.15, 0.2) is 0 Å². The lowest BCUT2D eigenvalue weighted by atomic mass is 9.88.